The molecular weight excluding hydrogens is 398 g/mol. The average Bonchev–Trinajstić information content (AvgIpc) is 3.05. The Balaban J connectivity index is 1.82. The van der Waals surface area contributed by atoms with Crippen LogP contribution in [0.15, 0.2) is 77.6 Å². The Kier molecular flexibility index (Phi) is 4.74. The molecule has 5 nitrogen and oxygen atoms in total. The predicted octanol–water partition coefficient (Wildman–Crippen LogP) is 4.99. The summed E-state index contributed by atoms with van der Waals surface area (Å²) in [5.74, 6) is 0.349. The number of para-hydroxylation sites is 2. The van der Waals surface area contributed by atoms with Crippen molar-refractivity contribution in [3.63, 3.8) is 0 Å². The number of aryl methyl sites for hydroxylation is 1. The first-order valence-corrected chi connectivity index (χ1v) is 10.7. The van der Waals surface area contributed by atoms with Crippen LogP contribution in [0.5, 0.6) is 0 Å². The lowest BCUT2D eigenvalue weighted by Crippen LogP contribution is -2.33. The van der Waals surface area contributed by atoms with E-state index in [0.717, 1.165) is 22.5 Å². The molecule has 1 aromatic heterocycles. The molecule has 0 N–H and O–H groups in total. The summed E-state index contributed by atoms with van der Waals surface area (Å²) in [6, 6.07) is 22.8. The molecule has 0 aliphatic carbocycles. The van der Waals surface area contributed by atoms with Crippen LogP contribution in [-0.4, -0.2) is 21.5 Å². The van der Waals surface area contributed by atoms with Crippen molar-refractivity contribution in [2.24, 2.45) is 0 Å². The van der Waals surface area contributed by atoms with Crippen molar-refractivity contribution in [3.8, 4) is 5.69 Å². The number of nitrogens with zero attached hydrogens (tertiary/aromatic N) is 3. The number of anilines is 1. The van der Waals surface area contributed by atoms with Crippen LogP contribution in [0.2, 0.25) is 0 Å². The molecule has 0 radical (unpaired) electrons. The Morgan fingerprint density at radius 3 is 2.44 bits per heavy atom. The van der Waals surface area contributed by atoms with Gasteiger partial charge in [-0.2, -0.15) is 0 Å². The first-order valence-electron chi connectivity index (χ1n) is 10.7. The second-order valence-corrected chi connectivity index (χ2v) is 8.31. The molecule has 5 heteroatoms. The third-order valence-corrected chi connectivity index (χ3v) is 5.75. The van der Waals surface area contributed by atoms with Crippen LogP contribution in [0.4, 0.5) is 5.69 Å². The van der Waals surface area contributed by atoms with E-state index >= 15 is 0 Å². The van der Waals surface area contributed by atoms with Crippen LogP contribution in [0, 0.1) is 6.92 Å². The van der Waals surface area contributed by atoms with Gasteiger partial charge in [0.1, 0.15) is 5.82 Å². The zero-order chi connectivity index (χ0) is 22.4. The van der Waals surface area contributed by atoms with Gasteiger partial charge in [0, 0.05) is 11.6 Å². The molecule has 5 rings (SSSR count). The number of rotatable bonds is 3. The second kappa shape index (κ2) is 7.61. The fraction of sp³-hybridized carbons (Fsp3) is 0.148. The molecule has 1 aliphatic heterocycles. The zero-order valence-electron chi connectivity index (χ0n) is 18.2. The summed E-state index contributed by atoms with van der Waals surface area (Å²) in [4.78, 5) is 33.5. The van der Waals surface area contributed by atoms with E-state index in [9.17, 15) is 9.59 Å². The van der Waals surface area contributed by atoms with Gasteiger partial charge in [-0.25, -0.2) is 4.98 Å². The van der Waals surface area contributed by atoms with Gasteiger partial charge in [0.2, 0.25) is 0 Å². The smallest absolute Gasteiger partial charge is 0.266 e. The van der Waals surface area contributed by atoms with Crippen LogP contribution in [0.3, 0.4) is 0 Å². The highest BCUT2D eigenvalue weighted by Gasteiger charge is 2.34. The quantitative estimate of drug-likeness (QED) is 0.438. The minimum atomic E-state index is -0.160. The van der Waals surface area contributed by atoms with Gasteiger partial charge in [-0.1, -0.05) is 42.5 Å². The standard InChI is InChI=1S/C27H23N3O2/c1-17(2)29-24-14-7-5-11-20(24)22(27(29)32)16-25-28-23-13-6-4-12-21(23)26(31)30(25)19-10-8-9-18(3)15-19/h4-17H,1-3H3. The number of amides is 1. The Morgan fingerprint density at radius 2 is 1.66 bits per heavy atom. The maximum atomic E-state index is 13.5. The lowest BCUT2D eigenvalue weighted by atomic mass is 10.1. The van der Waals surface area contributed by atoms with Crippen LogP contribution in [0.25, 0.3) is 28.2 Å². The lowest BCUT2D eigenvalue weighted by molar-refractivity contribution is -0.113. The molecule has 0 atom stereocenters. The topological polar surface area (TPSA) is 55.2 Å². The molecule has 4 aromatic rings. The fourth-order valence-electron chi connectivity index (χ4n) is 4.31. The minimum absolute atomic E-state index is 0.0121. The number of hydrogen-bond acceptors (Lipinski definition) is 3. The summed E-state index contributed by atoms with van der Waals surface area (Å²) in [5.41, 5.74) is 4.47. The van der Waals surface area contributed by atoms with Gasteiger partial charge in [0.15, 0.2) is 0 Å². The number of aromatic nitrogens is 2. The monoisotopic (exact) mass is 421 g/mol. The molecule has 32 heavy (non-hydrogen) atoms. The average molecular weight is 422 g/mol. The minimum Gasteiger partial charge on any atom is -0.305 e. The molecule has 2 heterocycles. The molecule has 158 valence electrons. The molecular formula is C27H23N3O2. The van der Waals surface area contributed by atoms with E-state index in [1.165, 1.54) is 0 Å². The lowest BCUT2D eigenvalue weighted by Gasteiger charge is -2.21. The normalized spacial score (nSPS) is 14.6. The van der Waals surface area contributed by atoms with Gasteiger partial charge in [-0.05, 0) is 62.7 Å². The number of carbonyl (C=O) groups is 1. The largest absolute Gasteiger partial charge is 0.305 e. The molecule has 0 unspecified atom stereocenters. The molecule has 0 spiro atoms. The Hall–Kier alpha value is -3.99. The van der Waals surface area contributed by atoms with Crippen molar-refractivity contribution in [2.45, 2.75) is 26.8 Å². The van der Waals surface area contributed by atoms with E-state index in [1.54, 1.807) is 21.6 Å². The summed E-state index contributed by atoms with van der Waals surface area (Å²) >= 11 is 0. The van der Waals surface area contributed by atoms with Gasteiger partial charge in [0.25, 0.3) is 11.5 Å². The van der Waals surface area contributed by atoms with Crippen molar-refractivity contribution in [2.75, 3.05) is 4.90 Å². The summed E-state index contributed by atoms with van der Waals surface area (Å²) in [7, 11) is 0. The molecule has 1 aliphatic rings. The summed E-state index contributed by atoms with van der Waals surface area (Å²) in [5, 5.41) is 0.540. The molecule has 0 fully saturated rings. The second-order valence-electron chi connectivity index (χ2n) is 8.31. The van der Waals surface area contributed by atoms with Gasteiger partial charge >= 0.3 is 0 Å². The molecule has 0 saturated heterocycles. The predicted molar refractivity (Wildman–Crippen MR) is 129 cm³/mol. The van der Waals surface area contributed by atoms with E-state index in [0.29, 0.717) is 22.3 Å². The van der Waals surface area contributed by atoms with Gasteiger partial charge in [0.05, 0.1) is 27.9 Å². The van der Waals surface area contributed by atoms with Crippen molar-refractivity contribution in [3.05, 3.63) is 100 Å². The van der Waals surface area contributed by atoms with Crippen LogP contribution in [0.1, 0.15) is 30.8 Å². The van der Waals surface area contributed by atoms with Gasteiger partial charge in [-0.3, -0.25) is 14.2 Å². The SMILES string of the molecule is Cc1cccc(-n2c(C=C3C(=O)N(C(C)C)c4ccccc43)nc3ccccc3c2=O)c1. The van der Waals surface area contributed by atoms with Crippen molar-refractivity contribution in [1.82, 2.24) is 9.55 Å². The molecule has 0 bridgehead atoms. The first-order chi connectivity index (χ1) is 15.5. The van der Waals surface area contributed by atoms with Crippen LogP contribution < -0.4 is 10.5 Å². The summed E-state index contributed by atoms with van der Waals surface area (Å²) in [6.07, 6.45) is 1.75. The fourth-order valence-corrected chi connectivity index (χ4v) is 4.31. The maximum absolute atomic E-state index is 13.5. The summed E-state index contributed by atoms with van der Waals surface area (Å²) < 4.78 is 1.59. The van der Waals surface area contributed by atoms with E-state index in [1.807, 2.05) is 87.5 Å². The highest BCUT2D eigenvalue weighted by molar-refractivity contribution is 6.35. The van der Waals surface area contributed by atoms with Gasteiger partial charge < -0.3 is 4.90 Å². The Bertz CT molecular complexity index is 1460. The Labute approximate surface area is 186 Å². The van der Waals surface area contributed by atoms with Crippen molar-refractivity contribution in [1.29, 1.82) is 0 Å². The van der Waals surface area contributed by atoms with Crippen LogP contribution in [-0.2, 0) is 4.79 Å². The molecule has 1 amide bonds. The third-order valence-electron chi connectivity index (χ3n) is 5.75. The first kappa shape index (κ1) is 19.9. The highest BCUT2D eigenvalue weighted by atomic mass is 16.2. The summed E-state index contributed by atoms with van der Waals surface area (Å²) in [6.45, 7) is 5.97. The Morgan fingerprint density at radius 1 is 0.906 bits per heavy atom. The highest BCUT2D eigenvalue weighted by Crippen LogP contribution is 2.38. The maximum Gasteiger partial charge on any atom is 0.266 e. The number of benzene rings is 3. The third kappa shape index (κ3) is 3.14. The number of carbonyl (C=O) groups excluding carboxylic acids is 1. The number of hydrogen-bond donors (Lipinski definition) is 0. The zero-order valence-corrected chi connectivity index (χ0v) is 18.2. The molecule has 3 aromatic carbocycles. The van der Waals surface area contributed by atoms with E-state index in [2.05, 4.69) is 0 Å². The van der Waals surface area contributed by atoms with E-state index in [4.69, 9.17) is 4.98 Å². The van der Waals surface area contributed by atoms with Crippen molar-refractivity contribution < 1.29 is 4.79 Å². The number of fused-ring (bicyclic) bond motifs is 2. The van der Waals surface area contributed by atoms with Gasteiger partial charge in [-0.15, -0.1) is 0 Å². The molecule has 0 saturated carbocycles. The van der Waals surface area contributed by atoms with Crippen LogP contribution >= 0.6 is 0 Å². The van der Waals surface area contributed by atoms with E-state index in [-0.39, 0.29) is 17.5 Å². The van der Waals surface area contributed by atoms with E-state index < -0.39 is 0 Å². The van der Waals surface area contributed by atoms with Crippen molar-refractivity contribution >= 4 is 34.1 Å².